The number of aromatic carboxylic acids is 1. The lowest BCUT2D eigenvalue weighted by Crippen LogP contribution is -2.31. The van der Waals surface area contributed by atoms with Crippen molar-refractivity contribution >= 4 is 11.7 Å². The SMILES string of the molecule is O=C(O)c1cccc2c1N[C@H](c1cccc(C(F)(F)F)c1)[C@@H]1Cc3ccccc3[C@@H]21. The zero-order valence-electron chi connectivity index (χ0n) is 15.8. The largest absolute Gasteiger partial charge is 0.478 e. The van der Waals surface area contributed by atoms with E-state index in [2.05, 4.69) is 5.32 Å². The molecule has 0 radical (unpaired) electrons. The molecule has 0 amide bonds. The Labute approximate surface area is 171 Å². The summed E-state index contributed by atoms with van der Waals surface area (Å²) >= 11 is 0. The molecule has 1 aliphatic carbocycles. The Hall–Kier alpha value is -3.28. The number of nitrogens with one attached hydrogen (secondary N) is 1. The van der Waals surface area contributed by atoms with Gasteiger partial charge in [0.1, 0.15) is 0 Å². The summed E-state index contributed by atoms with van der Waals surface area (Å²) in [5, 5.41) is 13.0. The van der Waals surface area contributed by atoms with Crippen LogP contribution in [0.4, 0.5) is 18.9 Å². The van der Waals surface area contributed by atoms with Gasteiger partial charge in [0.15, 0.2) is 0 Å². The fourth-order valence-corrected chi connectivity index (χ4v) is 5.00. The van der Waals surface area contributed by atoms with Crippen LogP contribution in [0.1, 0.15) is 50.1 Å². The van der Waals surface area contributed by atoms with Crippen LogP contribution in [0.15, 0.2) is 66.7 Å². The van der Waals surface area contributed by atoms with Crippen molar-refractivity contribution in [1.82, 2.24) is 0 Å². The van der Waals surface area contributed by atoms with Crippen LogP contribution >= 0.6 is 0 Å². The van der Waals surface area contributed by atoms with E-state index in [0.717, 1.165) is 22.8 Å². The molecule has 0 spiro atoms. The third-order valence-corrected chi connectivity index (χ3v) is 6.24. The summed E-state index contributed by atoms with van der Waals surface area (Å²) in [6, 6.07) is 18.0. The number of para-hydroxylation sites is 1. The van der Waals surface area contributed by atoms with Crippen molar-refractivity contribution in [2.24, 2.45) is 5.92 Å². The Balaban J connectivity index is 1.70. The topological polar surface area (TPSA) is 49.3 Å². The number of fused-ring (bicyclic) bond motifs is 5. The highest BCUT2D eigenvalue weighted by atomic mass is 19.4. The van der Waals surface area contributed by atoms with Crippen LogP contribution in [-0.2, 0) is 12.6 Å². The van der Waals surface area contributed by atoms with Gasteiger partial charge in [-0.1, -0.05) is 48.5 Å². The molecule has 30 heavy (non-hydrogen) atoms. The third kappa shape index (κ3) is 2.86. The molecule has 3 aromatic carbocycles. The maximum Gasteiger partial charge on any atom is 0.416 e. The Kier molecular flexibility index (Phi) is 4.13. The van der Waals surface area contributed by atoms with Crippen LogP contribution in [0.25, 0.3) is 0 Å². The minimum atomic E-state index is -4.44. The lowest BCUT2D eigenvalue weighted by molar-refractivity contribution is -0.137. The minimum absolute atomic E-state index is 0.0116. The van der Waals surface area contributed by atoms with Gasteiger partial charge in [-0.25, -0.2) is 4.79 Å². The first-order chi connectivity index (χ1) is 14.3. The number of carbonyl (C=O) groups is 1. The number of anilines is 1. The van der Waals surface area contributed by atoms with E-state index in [9.17, 15) is 23.1 Å². The number of rotatable bonds is 2. The first-order valence-electron chi connectivity index (χ1n) is 9.72. The van der Waals surface area contributed by atoms with E-state index in [1.807, 2.05) is 30.3 Å². The van der Waals surface area contributed by atoms with Crippen molar-refractivity contribution in [2.45, 2.75) is 24.6 Å². The van der Waals surface area contributed by atoms with E-state index in [-0.39, 0.29) is 17.4 Å². The van der Waals surface area contributed by atoms with Gasteiger partial charge in [-0.05, 0) is 52.8 Å². The van der Waals surface area contributed by atoms with Gasteiger partial charge in [0.25, 0.3) is 0 Å². The summed E-state index contributed by atoms with van der Waals surface area (Å²) in [6.45, 7) is 0. The van der Waals surface area contributed by atoms with Crippen molar-refractivity contribution in [3.05, 3.63) is 100 Å². The average molecular weight is 409 g/mol. The quantitative estimate of drug-likeness (QED) is 0.556. The molecule has 5 rings (SSSR count). The van der Waals surface area contributed by atoms with Crippen molar-refractivity contribution in [2.75, 3.05) is 5.32 Å². The number of hydrogen-bond acceptors (Lipinski definition) is 2. The van der Waals surface area contributed by atoms with Crippen molar-refractivity contribution in [1.29, 1.82) is 0 Å². The number of carboxylic acid groups (broad SMARTS) is 1. The Morgan fingerprint density at radius 3 is 2.47 bits per heavy atom. The molecule has 2 aliphatic rings. The van der Waals surface area contributed by atoms with Crippen LogP contribution in [0.5, 0.6) is 0 Å². The van der Waals surface area contributed by atoms with E-state index in [0.29, 0.717) is 17.7 Å². The predicted molar refractivity (Wildman–Crippen MR) is 107 cm³/mol. The van der Waals surface area contributed by atoms with E-state index < -0.39 is 23.8 Å². The normalized spacial score (nSPS) is 21.9. The minimum Gasteiger partial charge on any atom is -0.478 e. The number of benzene rings is 3. The lowest BCUT2D eigenvalue weighted by atomic mass is 9.75. The fourth-order valence-electron chi connectivity index (χ4n) is 5.00. The third-order valence-electron chi connectivity index (χ3n) is 6.24. The Morgan fingerprint density at radius 1 is 0.967 bits per heavy atom. The summed E-state index contributed by atoms with van der Waals surface area (Å²) in [6.07, 6.45) is -3.72. The first kappa shape index (κ1) is 18.7. The van der Waals surface area contributed by atoms with Gasteiger partial charge in [0, 0.05) is 5.92 Å². The number of hydrogen-bond donors (Lipinski definition) is 2. The molecule has 3 atom stereocenters. The Morgan fingerprint density at radius 2 is 1.70 bits per heavy atom. The predicted octanol–water partition coefficient (Wildman–Crippen LogP) is 5.87. The molecule has 0 unspecified atom stereocenters. The molecule has 0 aromatic heterocycles. The van der Waals surface area contributed by atoms with E-state index in [1.54, 1.807) is 12.1 Å². The molecule has 0 saturated heterocycles. The molecule has 0 bridgehead atoms. The number of alkyl halides is 3. The molecule has 2 N–H and O–H groups in total. The molecule has 1 aliphatic heterocycles. The second-order valence-corrected chi connectivity index (χ2v) is 7.86. The molecular weight excluding hydrogens is 391 g/mol. The molecule has 0 saturated carbocycles. The van der Waals surface area contributed by atoms with Gasteiger partial charge in [-0.15, -0.1) is 0 Å². The van der Waals surface area contributed by atoms with Gasteiger partial charge < -0.3 is 10.4 Å². The van der Waals surface area contributed by atoms with E-state index in [1.165, 1.54) is 18.2 Å². The fraction of sp³-hybridized carbons (Fsp3) is 0.208. The van der Waals surface area contributed by atoms with Gasteiger partial charge in [0.05, 0.1) is 22.9 Å². The Bertz CT molecular complexity index is 1160. The second kappa shape index (κ2) is 6.62. The first-order valence-corrected chi connectivity index (χ1v) is 9.72. The van der Waals surface area contributed by atoms with Crippen LogP contribution in [0, 0.1) is 5.92 Å². The molecule has 6 heteroatoms. The standard InChI is InChI=1S/C24H18F3NO2/c25-24(26,27)15-7-3-6-14(11-15)21-19-12-13-5-1-2-8-16(13)20(19)17-9-4-10-18(23(29)30)22(17)28-21/h1-11,19-21,28H,12H2,(H,29,30)/t19-,20+,21-/m1/s1. The molecule has 3 aromatic rings. The lowest BCUT2D eigenvalue weighted by Gasteiger charge is -2.38. The van der Waals surface area contributed by atoms with Crippen LogP contribution in [0.2, 0.25) is 0 Å². The highest BCUT2D eigenvalue weighted by Crippen LogP contribution is 2.54. The zero-order valence-corrected chi connectivity index (χ0v) is 15.8. The zero-order chi connectivity index (χ0) is 21.0. The highest BCUT2D eigenvalue weighted by Gasteiger charge is 2.44. The van der Waals surface area contributed by atoms with E-state index >= 15 is 0 Å². The van der Waals surface area contributed by atoms with Gasteiger partial charge in [-0.2, -0.15) is 13.2 Å². The maximum atomic E-state index is 13.3. The smallest absolute Gasteiger partial charge is 0.416 e. The van der Waals surface area contributed by atoms with Crippen molar-refractivity contribution in [3.8, 4) is 0 Å². The van der Waals surface area contributed by atoms with Crippen LogP contribution < -0.4 is 5.32 Å². The molecule has 0 fully saturated rings. The van der Waals surface area contributed by atoms with Crippen molar-refractivity contribution in [3.63, 3.8) is 0 Å². The molecule has 1 heterocycles. The molecular formula is C24H18F3NO2. The maximum absolute atomic E-state index is 13.3. The van der Waals surface area contributed by atoms with Crippen molar-refractivity contribution < 1.29 is 23.1 Å². The summed E-state index contributed by atoms with van der Waals surface area (Å²) in [7, 11) is 0. The van der Waals surface area contributed by atoms with Gasteiger partial charge >= 0.3 is 12.1 Å². The number of carboxylic acids is 1. The molecule has 3 nitrogen and oxygen atoms in total. The highest BCUT2D eigenvalue weighted by molar-refractivity contribution is 5.96. The summed E-state index contributed by atoms with van der Waals surface area (Å²) in [5.41, 5.74) is 3.58. The van der Waals surface area contributed by atoms with E-state index in [4.69, 9.17) is 0 Å². The summed E-state index contributed by atoms with van der Waals surface area (Å²) < 4.78 is 40.0. The van der Waals surface area contributed by atoms with Gasteiger partial charge in [-0.3, -0.25) is 0 Å². The van der Waals surface area contributed by atoms with Crippen LogP contribution in [0.3, 0.4) is 0 Å². The molecule has 152 valence electrons. The summed E-state index contributed by atoms with van der Waals surface area (Å²) in [5.74, 6) is -1.15. The number of halogens is 3. The monoisotopic (exact) mass is 409 g/mol. The van der Waals surface area contributed by atoms with Gasteiger partial charge in [0.2, 0.25) is 0 Å². The average Bonchev–Trinajstić information content (AvgIpc) is 3.12. The summed E-state index contributed by atoms with van der Waals surface area (Å²) in [4.78, 5) is 11.9. The van der Waals surface area contributed by atoms with Crippen LogP contribution in [-0.4, -0.2) is 11.1 Å². The second-order valence-electron chi connectivity index (χ2n) is 7.86.